The molecule has 0 spiro atoms. The number of nitrogens with zero attached hydrogens (tertiary/aromatic N) is 4. The van der Waals surface area contributed by atoms with Crippen molar-refractivity contribution in [1.82, 2.24) is 8.61 Å². The van der Waals surface area contributed by atoms with E-state index in [-0.39, 0.29) is 22.7 Å². The van der Waals surface area contributed by atoms with Gasteiger partial charge in [0.1, 0.15) is 10.8 Å². The van der Waals surface area contributed by atoms with Crippen LogP contribution in [0, 0.1) is 11.8 Å². The van der Waals surface area contributed by atoms with E-state index in [9.17, 15) is 14.4 Å². The summed E-state index contributed by atoms with van der Waals surface area (Å²) in [6.07, 6.45) is 3.32. The van der Waals surface area contributed by atoms with Crippen LogP contribution in [0.1, 0.15) is 47.5 Å². The van der Waals surface area contributed by atoms with Gasteiger partial charge < -0.3 is 0 Å². The minimum absolute atomic E-state index is 0.0147. The van der Waals surface area contributed by atoms with Crippen LogP contribution in [0.5, 0.6) is 0 Å². The average Bonchev–Trinajstić information content (AvgIpc) is 2.74. The van der Waals surface area contributed by atoms with Crippen LogP contribution in [0.4, 0.5) is 9.59 Å². The first-order chi connectivity index (χ1) is 14.5. The molecule has 2 atom stereocenters. The number of thiol groups is 1. The van der Waals surface area contributed by atoms with E-state index < -0.39 is 12.2 Å². The zero-order chi connectivity index (χ0) is 23.7. The number of carbonyl (C=O) groups excluding carboxylic acids is 3. The summed E-state index contributed by atoms with van der Waals surface area (Å²) in [5.74, 6) is 0.131. The largest absolute Gasteiger partial charge is 0.447 e. The fourth-order valence-corrected chi connectivity index (χ4v) is 3.05. The van der Waals surface area contributed by atoms with E-state index in [1.807, 2.05) is 27.7 Å². The van der Waals surface area contributed by atoms with Gasteiger partial charge in [0.2, 0.25) is 0 Å². The van der Waals surface area contributed by atoms with Crippen LogP contribution >= 0.6 is 24.8 Å². The van der Waals surface area contributed by atoms with Crippen LogP contribution in [-0.4, -0.2) is 51.4 Å². The molecule has 0 N–H and O–H groups in total. The van der Waals surface area contributed by atoms with Crippen molar-refractivity contribution < 1.29 is 24.1 Å². The van der Waals surface area contributed by atoms with E-state index in [0.717, 1.165) is 33.6 Å². The molecule has 0 bridgehead atoms. The molecule has 0 radical (unpaired) electrons. The molecule has 0 aromatic rings. The Kier molecular flexibility index (Phi) is 10.8. The highest BCUT2D eigenvalue weighted by molar-refractivity contribution is 7.96. The molecule has 172 valence electrons. The standard InChI is InChI=1S/C20H30N4O5S2/c1-8-12(3)16-10-15(11-17(18(16)25)13(4)9-2)22-29-20(27)24(7)31-23(6)19(26)28-21-14(5)30/h10-13H,8-9H2,1-7H3,(H,21,30). The normalized spacial score (nSPS) is 16.1. The van der Waals surface area contributed by atoms with Crippen molar-refractivity contribution in [3.05, 3.63) is 23.3 Å². The lowest BCUT2D eigenvalue weighted by Crippen LogP contribution is -2.29. The SMILES string of the molecule is CCC(C)C1=CC(=NOC(=O)N(C)SN(C)C(=O)ON=C(C)S)C=C(C(C)CC)C1=O. The Labute approximate surface area is 193 Å². The smallest absolute Gasteiger partial charge is 0.297 e. The third-order valence-corrected chi connectivity index (χ3v) is 5.53. The molecule has 1 aliphatic rings. The van der Waals surface area contributed by atoms with E-state index in [4.69, 9.17) is 4.84 Å². The Morgan fingerprint density at radius 1 is 1.03 bits per heavy atom. The highest BCUT2D eigenvalue weighted by Gasteiger charge is 2.27. The molecule has 0 aromatic carbocycles. The Bertz CT molecular complexity index is 786. The Morgan fingerprint density at radius 3 is 1.90 bits per heavy atom. The van der Waals surface area contributed by atoms with Crippen LogP contribution in [0.25, 0.3) is 0 Å². The first-order valence-electron chi connectivity index (χ1n) is 9.88. The second-order valence-corrected chi connectivity index (χ2v) is 9.00. The molecule has 0 saturated carbocycles. The number of rotatable bonds is 8. The van der Waals surface area contributed by atoms with Crippen LogP contribution in [0.15, 0.2) is 33.6 Å². The number of oxime groups is 2. The summed E-state index contributed by atoms with van der Waals surface area (Å²) in [5, 5.41) is 7.64. The number of hydrogen-bond acceptors (Lipinski definition) is 8. The highest BCUT2D eigenvalue weighted by atomic mass is 32.2. The van der Waals surface area contributed by atoms with Gasteiger partial charge in [-0.2, -0.15) is 0 Å². The molecule has 0 heterocycles. The summed E-state index contributed by atoms with van der Waals surface area (Å²) >= 11 is 4.64. The van der Waals surface area contributed by atoms with Gasteiger partial charge in [0, 0.05) is 25.2 Å². The average molecular weight is 471 g/mol. The first-order valence-corrected chi connectivity index (χ1v) is 11.1. The lowest BCUT2D eigenvalue weighted by Gasteiger charge is -2.22. The van der Waals surface area contributed by atoms with E-state index in [1.54, 1.807) is 19.1 Å². The van der Waals surface area contributed by atoms with Crippen molar-refractivity contribution in [3.63, 3.8) is 0 Å². The second-order valence-electron chi connectivity index (χ2n) is 7.09. The number of allylic oxidation sites excluding steroid dienone is 4. The molecular weight excluding hydrogens is 440 g/mol. The topological polar surface area (TPSA) is 101 Å². The maximum Gasteiger partial charge on any atom is 0.447 e. The van der Waals surface area contributed by atoms with Crippen LogP contribution in [0.3, 0.4) is 0 Å². The number of ketones is 1. The van der Waals surface area contributed by atoms with Crippen LogP contribution in [-0.2, 0) is 14.5 Å². The van der Waals surface area contributed by atoms with E-state index in [2.05, 4.69) is 27.8 Å². The van der Waals surface area contributed by atoms with Gasteiger partial charge in [-0.1, -0.05) is 38.0 Å². The molecule has 0 aliphatic heterocycles. The summed E-state index contributed by atoms with van der Waals surface area (Å²) in [5.41, 5.74) is 1.70. The third kappa shape index (κ3) is 8.06. The number of hydrogen-bond donors (Lipinski definition) is 1. The maximum atomic E-state index is 12.8. The van der Waals surface area contributed by atoms with Crippen LogP contribution in [0.2, 0.25) is 0 Å². The van der Waals surface area contributed by atoms with Crippen molar-refractivity contribution in [3.8, 4) is 0 Å². The molecule has 9 nitrogen and oxygen atoms in total. The molecule has 31 heavy (non-hydrogen) atoms. The van der Waals surface area contributed by atoms with E-state index >= 15 is 0 Å². The number of carbonyl (C=O) groups is 3. The fourth-order valence-electron chi connectivity index (χ4n) is 2.44. The van der Waals surface area contributed by atoms with Gasteiger partial charge >= 0.3 is 12.2 Å². The van der Waals surface area contributed by atoms with Gasteiger partial charge in [-0.3, -0.25) is 14.5 Å². The molecule has 0 aromatic heterocycles. The van der Waals surface area contributed by atoms with Crippen molar-refractivity contribution in [2.24, 2.45) is 22.1 Å². The maximum absolute atomic E-state index is 12.8. The highest BCUT2D eigenvalue weighted by Crippen LogP contribution is 2.28. The van der Waals surface area contributed by atoms with Gasteiger partial charge in [-0.15, -0.1) is 12.6 Å². The first kappa shape index (κ1) is 26.8. The Hall–Kier alpha value is -2.27. The minimum atomic E-state index is -0.806. The molecular formula is C20H30N4O5S2. The molecule has 2 amide bonds. The van der Waals surface area contributed by atoms with Gasteiger partial charge in [0.15, 0.2) is 5.78 Å². The quantitative estimate of drug-likeness (QED) is 0.104. The van der Waals surface area contributed by atoms with Crippen LogP contribution < -0.4 is 0 Å². The van der Waals surface area contributed by atoms with Crippen molar-refractivity contribution >= 4 is 53.5 Å². The summed E-state index contributed by atoms with van der Waals surface area (Å²) in [6, 6.07) is 0. The van der Waals surface area contributed by atoms with Gasteiger partial charge in [0.25, 0.3) is 0 Å². The molecule has 2 unspecified atom stereocenters. The fraction of sp³-hybridized carbons (Fsp3) is 0.550. The Balaban J connectivity index is 2.91. The predicted molar refractivity (Wildman–Crippen MR) is 126 cm³/mol. The number of amides is 2. The molecule has 1 rings (SSSR count). The van der Waals surface area contributed by atoms with Gasteiger partial charge in [-0.25, -0.2) is 18.2 Å². The second kappa shape index (κ2) is 12.6. The lowest BCUT2D eigenvalue weighted by molar-refractivity contribution is -0.113. The molecule has 11 heteroatoms. The molecule has 1 aliphatic carbocycles. The van der Waals surface area contributed by atoms with Crippen molar-refractivity contribution in [2.75, 3.05) is 14.1 Å². The third-order valence-electron chi connectivity index (χ3n) is 4.66. The Morgan fingerprint density at radius 2 is 1.48 bits per heavy atom. The van der Waals surface area contributed by atoms with Crippen molar-refractivity contribution in [2.45, 2.75) is 47.5 Å². The summed E-state index contributed by atoms with van der Waals surface area (Å²) in [6.45, 7) is 9.52. The monoisotopic (exact) mass is 470 g/mol. The molecule has 0 fully saturated rings. The number of Topliss-reactive ketones (excluding diaryl/α,β-unsaturated/α-hetero) is 1. The van der Waals surface area contributed by atoms with Gasteiger partial charge in [0.05, 0.1) is 12.1 Å². The zero-order valence-electron chi connectivity index (χ0n) is 18.9. The van der Waals surface area contributed by atoms with Crippen molar-refractivity contribution in [1.29, 1.82) is 0 Å². The lowest BCUT2D eigenvalue weighted by atomic mass is 9.81. The van der Waals surface area contributed by atoms with Gasteiger partial charge in [-0.05, 0) is 43.8 Å². The van der Waals surface area contributed by atoms with E-state index in [1.165, 1.54) is 14.1 Å². The minimum Gasteiger partial charge on any atom is -0.297 e. The zero-order valence-corrected chi connectivity index (χ0v) is 20.6. The summed E-state index contributed by atoms with van der Waals surface area (Å²) < 4.78 is 2.12. The predicted octanol–water partition coefficient (Wildman–Crippen LogP) is 4.83. The summed E-state index contributed by atoms with van der Waals surface area (Å²) in [4.78, 5) is 46.5. The van der Waals surface area contributed by atoms with E-state index in [0.29, 0.717) is 16.9 Å². The molecule has 0 saturated heterocycles. The summed E-state index contributed by atoms with van der Waals surface area (Å²) in [7, 11) is 2.82.